The van der Waals surface area contributed by atoms with Crippen LogP contribution in [0.5, 0.6) is 0 Å². The van der Waals surface area contributed by atoms with Crippen molar-refractivity contribution in [1.29, 1.82) is 0 Å². The van der Waals surface area contributed by atoms with Crippen molar-refractivity contribution in [3.63, 3.8) is 0 Å². The molecule has 0 aliphatic carbocycles. The van der Waals surface area contributed by atoms with E-state index in [1.54, 1.807) is 6.92 Å². The predicted molar refractivity (Wildman–Crippen MR) is 106 cm³/mol. The van der Waals surface area contributed by atoms with E-state index in [2.05, 4.69) is 31.9 Å². The third kappa shape index (κ3) is 3.65. The van der Waals surface area contributed by atoms with E-state index >= 15 is 0 Å². The standard InChI is InChI=1S/C20H20BrN3O2/c1-11-8-9-12(2)16(10-11)23-19(25)17-13(3)22-20(26)24-18(17)14-6-4-5-7-15(14)21/h4-10,18H,1-3H3,(H,23,25)(H2,22,24,26)/t18-/m1/s1. The Morgan fingerprint density at radius 1 is 1.12 bits per heavy atom. The quantitative estimate of drug-likeness (QED) is 0.700. The van der Waals surface area contributed by atoms with Crippen molar-refractivity contribution in [2.75, 3.05) is 5.32 Å². The molecule has 0 aromatic heterocycles. The van der Waals surface area contributed by atoms with Gasteiger partial charge in [0.05, 0.1) is 11.6 Å². The van der Waals surface area contributed by atoms with Gasteiger partial charge in [-0.1, -0.05) is 46.3 Å². The van der Waals surface area contributed by atoms with Gasteiger partial charge >= 0.3 is 6.03 Å². The molecule has 0 saturated heterocycles. The number of halogens is 1. The molecule has 0 unspecified atom stereocenters. The Morgan fingerprint density at radius 2 is 1.85 bits per heavy atom. The number of aryl methyl sites for hydroxylation is 2. The van der Waals surface area contributed by atoms with Crippen LogP contribution in [0.3, 0.4) is 0 Å². The van der Waals surface area contributed by atoms with Gasteiger partial charge in [-0.25, -0.2) is 4.79 Å². The Bertz CT molecular complexity index is 921. The van der Waals surface area contributed by atoms with E-state index in [1.807, 2.05) is 56.3 Å². The number of hydrogen-bond donors (Lipinski definition) is 3. The van der Waals surface area contributed by atoms with E-state index in [4.69, 9.17) is 0 Å². The second-order valence-electron chi connectivity index (χ2n) is 6.36. The zero-order valence-electron chi connectivity index (χ0n) is 14.8. The first-order chi connectivity index (χ1) is 12.4. The minimum atomic E-state index is -0.538. The molecule has 2 aromatic rings. The molecule has 1 heterocycles. The fourth-order valence-electron chi connectivity index (χ4n) is 3.00. The number of carbonyl (C=O) groups excluding carboxylic acids is 2. The molecule has 1 atom stereocenters. The summed E-state index contributed by atoms with van der Waals surface area (Å²) in [4.78, 5) is 25.1. The normalized spacial score (nSPS) is 16.8. The van der Waals surface area contributed by atoms with E-state index in [1.165, 1.54) is 0 Å². The van der Waals surface area contributed by atoms with Crippen LogP contribution in [0.1, 0.15) is 29.7 Å². The molecule has 1 aliphatic heterocycles. The van der Waals surface area contributed by atoms with Gasteiger partial charge in [-0.3, -0.25) is 4.79 Å². The fourth-order valence-corrected chi connectivity index (χ4v) is 3.51. The van der Waals surface area contributed by atoms with Crippen molar-refractivity contribution in [2.24, 2.45) is 0 Å². The molecule has 0 spiro atoms. The Balaban J connectivity index is 2.00. The molecule has 5 nitrogen and oxygen atoms in total. The van der Waals surface area contributed by atoms with Crippen LogP contribution < -0.4 is 16.0 Å². The van der Waals surface area contributed by atoms with Crippen LogP contribution in [0.25, 0.3) is 0 Å². The molecule has 3 rings (SSSR count). The highest BCUT2D eigenvalue weighted by Crippen LogP contribution is 2.32. The number of hydrogen-bond acceptors (Lipinski definition) is 2. The molecular formula is C20H20BrN3O2. The van der Waals surface area contributed by atoms with Crippen LogP contribution in [-0.4, -0.2) is 11.9 Å². The van der Waals surface area contributed by atoms with Crippen LogP contribution in [0.2, 0.25) is 0 Å². The highest BCUT2D eigenvalue weighted by atomic mass is 79.9. The van der Waals surface area contributed by atoms with E-state index in [0.29, 0.717) is 11.3 Å². The van der Waals surface area contributed by atoms with Crippen LogP contribution in [0, 0.1) is 13.8 Å². The predicted octanol–water partition coefficient (Wildman–Crippen LogP) is 4.33. The second kappa shape index (κ2) is 7.33. The van der Waals surface area contributed by atoms with E-state index in [9.17, 15) is 9.59 Å². The molecular weight excluding hydrogens is 394 g/mol. The lowest BCUT2D eigenvalue weighted by Gasteiger charge is -2.29. The van der Waals surface area contributed by atoms with Gasteiger partial charge in [-0.15, -0.1) is 0 Å². The summed E-state index contributed by atoms with van der Waals surface area (Å²) in [5.41, 5.74) is 4.65. The zero-order valence-corrected chi connectivity index (χ0v) is 16.4. The van der Waals surface area contributed by atoms with Crippen molar-refractivity contribution >= 4 is 33.6 Å². The number of anilines is 1. The van der Waals surface area contributed by atoms with Gasteiger partial charge in [-0.05, 0) is 49.6 Å². The van der Waals surface area contributed by atoms with E-state index in [0.717, 1.165) is 26.9 Å². The summed E-state index contributed by atoms with van der Waals surface area (Å²) in [6.45, 7) is 5.66. The number of rotatable bonds is 3. The Morgan fingerprint density at radius 3 is 2.58 bits per heavy atom. The Kier molecular flexibility index (Phi) is 5.13. The molecule has 0 bridgehead atoms. The third-order valence-corrected chi connectivity index (χ3v) is 5.09. The maximum Gasteiger partial charge on any atom is 0.319 e. The van der Waals surface area contributed by atoms with Gasteiger partial charge in [0.25, 0.3) is 5.91 Å². The van der Waals surface area contributed by atoms with Gasteiger partial charge in [0.1, 0.15) is 0 Å². The molecule has 0 fully saturated rings. The molecule has 134 valence electrons. The minimum absolute atomic E-state index is 0.246. The van der Waals surface area contributed by atoms with Crippen LogP contribution in [0.15, 0.2) is 58.2 Å². The lowest BCUT2D eigenvalue weighted by molar-refractivity contribution is -0.113. The molecule has 1 aliphatic rings. The fraction of sp³-hybridized carbons (Fsp3) is 0.200. The van der Waals surface area contributed by atoms with Gasteiger partial charge in [0.15, 0.2) is 0 Å². The average molecular weight is 414 g/mol. The second-order valence-corrected chi connectivity index (χ2v) is 7.22. The smallest absolute Gasteiger partial charge is 0.319 e. The molecule has 3 amide bonds. The van der Waals surface area contributed by atoms with Crippen molar-refractivity contribution in [3.8, 4) is 0 Å². The lowest BCUT2D eigenvalue weighted by atomic mass is 9.94. The average Bonchev–Trinajstić information content (AvgIpc) is 2.57. The van der Waals surface area contributed by atoms with Crippen molar-refractivity contribution in [2.45, 2.75) is 26.8 Å². The molecule has 2 aromatic carbocycles. The van der Waals surface area contributed by atoms with E-state index in [-0.39, 0.29) is 11.9 Å². The molecule has 3 N–H and O–H groups in total. The van der Waals surface area contributed by atoms with Crippen LogP contribution in [-0.2, 0) is 4.79 Å². The zero-order chi connectivity index (χ0) is 18.8. The van der Waals surface area contributed by atoms with Crippen molar-refractivity contribution < 1.29 is 9.59 Å². The first-order valence-corrected chi connectivity index (χ1v) is 9.07. The maximum atomic E-state index is 13.1. The summed E-state index contributed by atoms with van der Waals surface area (Å²) >= 11 is 3.51. The van der Waals surface area contributed by atoms with Gasteiger partial charge in [-0.2, -0.15) is 0 Å². The highest BCUT2D eigenvalue weighted by Gasteiger charge is 2.32. The first kappa shape index (κ1) is 18.2. The maximum absolute atomic E-state index is 13.1. The highest BCUT2D eigenvalue weighted by molar-refractivity contribution is 9.10. The first-order valence-electron chi connectivity index (χ1n) is 8.28. The summed E-state index contributed by atoms with van der Waals surface area (Å²) in [5, 5.41) is 8.52. The number of nitrogens with one attached hydrogen (secondary N) is 3. The van der Waals surface area contributed by atoms with Gasteiger partial charge in [0, 0.05) is 15.9 Å². The van der Waals surface area contributed by atoms with E-state index < -0.39 is 6.04 Å². The molecule has 6 heteroatoms. The molecule has 26 heavy (non-hydrogen) atoms. The van der Waals surface area contributed by atoms with Crippen LogP contribution in [0.4, 0.5) is 10.5 Å². The lowest BCUT2D eigenvalue weighted by Crippen LogP contribution is -2.46. The monoisotopic (exact) mass is 413 g/mol. The summed E-state index contributed by atoms with van der Waals surface area (Å²) in [6, 6.07) is 12.6. The number of benzene rings is 2. The number of urea groups is 1. The number of carbonyl (C=O) groups is 2. The molecule has 0 radical (unpaired) electrons. The Labute approximate surface area is 161 Å². The Hall–Kier alpha value is -2.60. The van der Waals surface area contributed by atoms with Crippen molar-refractivity contribution in [3.05, 3.63) is 74.9 Å². The SMILES string of the molecule is CC1=C(C(=O)Nc2cc(C)ccc2C)[C@@H](c2ccccc2Br)NC(=O)N1. The third-order valence-electron chi connectivity index (χ3n) is 4.37. The number of allylic oxidation sites excluding steroid dienone is 1. The van der Waals surface area contributed by atoms with Crippen molar-refractivity contribution in [1.82, 2.24) is 10.6 Å². The largest absolute Gasteiger partial charge is 0.327 e. The summed E-state index contributed by atoms with van der Waals surface area (Å²) < 4.78 is 0.831. The van der Waals surface area contributed by atoms with Gasteiger partial charge < -0.3 is 16.0 Å². The van der Waals surface area contributed by atoms with Crippen LogP contribution >= 0.6 is 15.9 Å². The topological polar surface area (TPSA) is 70.2 Å². The van der Waals surface area contributed by atoms with Gasteiger partial charge in [0.2, 0.25) is 0 Å². The summed E-state index contributed by atoms with van der Waals surface area (Å²) in [7, 11) is 0. The summed E-state index contributed by atoms with van der Waals surface area (Å²) in [5.74, 6) is -0.246. The minimum Gasteiger partial charge on any atom is -0.327 e. The molecule has 0 saturated carbocycles. The summed E-state index contributed by atoms with van der Waals surface area (Å²) in [6.07, 6.45) is 0. The number of amides is 3.